The van der Waals surface area contributed by atoms with E-state index in [0.717, 1.165) is 18.8 Å². The molecule has 2 fully saturated rings. The fourth-order valence-corrected chi connectivity index (χ4v) is 3.47. The van der Waals surface area contributed by atoms with Crippen molar-refractivity contribution in [3.63, 3.8) is 0 Å². The van der Waals surface area contributed by atoms with Crippen LogP contribution in [0.1, 0.15) is 6.42 Å². The van der Waals surface area contributed by atoms with Crippen molar-refractivity contribution in [2.45, 2.75) is 6.42 Å². The molecule has 24 heavy (non-hydrogen) atoms. The van der Waals surface area contributed by atoms with Gasteiger partial charge in [-0.05, 0) is 18.6 Å². The Hall–Kier alpha value is -2.28. The van der Waals surface area contributed by atoms with Gasteiger partial charge in [0.1, 0.15) is 19.1 Å². The number of amides is 2. The zero-order valence-corrected chi connectivity index (χ0v) is 13.5. The average molecular weight is 331 g/mol. The predicted molar refractivity (Wildman–Crippen MR) is 87.3 cm³/mol. The molecule has 1 N–H and O–H groups in total. The Kier molecular flexibility index (Phi) is 4.02. The van der Waals surface area contributed by atoms with E-state index in [9.17, 15) is 9.59 Å². The number of carbonyl (C=O) groups is 2. The Morgan fingerprint density at radius 1 is 1.08 bits per heavy atom. The summed E-state index contributed by atoms with van der Waals surface area (Å²) in [6.45, 7) is 4.53. The Morgan fingerprint density at radius 3 is 2.62 bits per heavy atom. The highest BCUT2D eigenvalue weighted by atomic mass is 16.6. The van der Waals surface area contributed by atoms with E-state index in [1.807, 2.05) is 18.2 Å². The lowest BCUT2D eigenvalue weighted by Gasteiger charge is -2.29. The summed E-state index contributed by atoms with van der Waals surface area (Å²) in [5.74, 6) is 0.640. The molecule has 0 spiro atoms. The van der Waals surface area contributed by atoms with Gasteiger partial charge in [0.25, 0.3) is 0 Å². The molecule has 0 aliphatic carbocycles. The molecule has 1 atom stereocenters. The molecule has 1 aromatic rings. The zero-order valence-electron chi connectivity index (χ0n) is 13.5. The number of hydrogen-bond acceptors (Lipinski definition) is 5. The van der Waals surface area contributed by atoms with E-state index < -0.39 is 5.92 Å². The first-order valence-electron chi connectivity index (χ1n) is 8.44. The first kappa shape index (κ1) is 15.3. The molecular formula is C17H21N3O4. The second-order valence-electron chi connectivity index (χ2n) is 6.23. The van der Waals surface area contributed by atoms with Crippen LogP contribution in [0, 0.1) is 5.92 Å². The zero-order chi connectivity index (χ0) is 16.5. The lowest BCUT2D eigenvalue weighted by molar-refractivity contribution is -0.140. The molecule has 4 rings (SSSR count). The minimum absolute atomic E-state index is 0.0402. The molecule has 0 saturated carbocycles. The van der Waals surface area contributed by atoms with E-state index in [-0.39, 0.29) is 11.8 Å². The number of anilines is 1. The summed E-state index contributed by atoms with van der Waals surface area (Å²) in [6.07, 6.45) is 0.566. The predicted octanol–water partition coefficient (Wildman–Crippen LogP) is 0.243. The molecule has 3 aliphatic heterocycles. The van der Waals surface area contributed by atoms with Gasteiger partial charge in [0.2, 0.25) is 11.8 Å². The number of carbonyl (C=O) groups excluding carboxylic acids is 2. The van der Waals surface area contributed by atoms with Crippen LogP contribution < -0.4 is 19.7 Å². The molecule has 0 radical (unpaired) electrons. The number of piperazine rings is 1. The second-order valence-corrected chi connectivity index (χ2v) is 6.23. The van der Waals surface area contributed by atoms with Crippen LogP contribution in [-0.2, 0) is 9.59 Å². The number of hydrogen-bond donors (Lipinski definition) is 1. The molecule has 7 heteroatoms. The topological polar surface area (TPSA) is 71.1 Å². The van der Waals surface area contributed by atoms with Crippen molar-refractivity contribution < 1.29 is 19.1 Å². The van der Waals surface area contributed by atoms with Gasteiger partial charge in [0.05, 0.1) is 0 Å². The number of fused-ring (bicyclic) bond motifs is 1. The van der Waals surface area contributed by atoms with Gasteiger partial charge < -0.3 is 24.6 Å². The van der Waals surface area contributed by atoms with Crippen molar-refractivity contribution in [2.24, 2.45) is 5.92 Å². The minimum Gasteiger partial charge on any atom is -0.486 e. The van der Waals surface area contributed by atoms with Gasteiger partial charge >= 0.3 is 0 Å². The normalized spacial score (nSPS) is 23.5. The molecule has 3 heterocycles. The van der Waals surface area contributed by atoms with Crippen molar-refractivity contribution in [2.75, 3.05) is 50.8 Å². The molecule has 7 nitrogen and oxygen atoms in total. The third kappa shape index (κ3) is 2.69. The number of benzene rings is 1. The lowest BCUT2D eigenvalue weighted by Crippen LogP contribution is -2.49. The van der Waals surface area contributed by atoms with Crippen LogP contribution in [0.15, 0.2) is 18.2 Å². The Bertz CT molecular complexity index is 657. The Balaban J connectivity index is 1.49. The van der Waals surface area contributed by atoms with Crippen LogP contribution in [0.25, 0.3) is 0 Å². The van der Waals surface area contributed by atoms with Crippen molar-refractivity contribution in [1.29, 1.82) is 0 Å². The molecule has 0 aromatic heterocycles. The van der Waals surface area contributed by atoms with Crippen molar-refractivity contribution in [3.8, 4) is 11.5 Å². The van der Waals surface area contributed by atoms with Gasteiger partial charge in [-0.25, -0.2) is 0 Å². The molecular weight excluding hydrogens is 310 g/mol. The summed E-state index contributed by atoms with van der Waals surface area (Å²) in [5, 5.41) is 3.22. The maximum Gasteiger partial charge on any atom is 0.239 e. The lowest BCUT2D eigenvalue weighted by atomic mass is 10.1. The van der Waals surface area contributed by atoms with Crippen LogP contribution in [0.5, 0.6) is 11.5 Å². The minimum atomic E-state index is -0.559. The third-order valence-electron chi connectivity index (χ3n) is 4.77. The van der Waals surface area contributed by atoms with Crippen molar-refractivity contribution >= 4 is 17.5 Å². The van der Waals surface area contributed by atoms with Crippen LogP contribution in [0.2, 0.25) is 0 Å². The fourth-order valence-electron chi connectivity index (χ4n) is 3.47. The molecule has 1 unspecified atom stereocenters. The summed E-state index contributed by atoms with van der Waals surface area (Å²) in [4.78, 5) is 28.9. The summed E-state index contributed by atoms with van der Waals surface area (Å²) in [7, 11) is 0. The molecule has 3 aliphatic rings. The van der Waals surface area contributed by atoms with Gasteiger partial charge in [-0.15, -0.1) is 0 Å². The van der Waals surface area contributed by atoms with Crippen molar-refractivity contribution in [1.82, 2.24) is 10.2 Å². The summed E-state index contributed by atoms with van der Waals surface area (Å²) < 4.78 is 11.1. The summed E-state index contributed by atoms with van der Waals surface area (Å²) in [5.41, 5.74) is 0.764. The van der Waals surface area contributed by atoms with Crippen LogP contribution in [0.3, 0.4) is 0 Å². The van der Waals surface area contributed by atoms with E-state index in [1.165, 1.54) is 0 Å². The van der Waals surface area contributed by atoms with Gasteiger partial charge in [0, 0.05) is 44.5 Å². The van der Waals surface area contributed by atoms with E-state index in [0.29, 0.717) is 50.8 Å². The summed E-state index contributed by atoms with van der Waals surface area (Å²) >= 11 is 0. The first-order chi connectivity index (χ1) is 11.7. The molecule has 2 amide bonds. The third-order valence-corrected chi connectivity index (χ3v) is 4.77. The summed E-state index contributed by atoms with van der Waals surface area (Å²) in [6, 6.07) is 5.50. The molecule has 1 aromatic carbocycles. The standard InChI is InChI=1S/C17H21N3O4/c21-16(19-7-4-18-5-8-19)13-3-6-20(17(13)22)12-1-2-14-15(11-12)24-10-9-23-14/h1-2,11,13,18H,3-10H2. The smallest absolute Gasteiger partial charge is 0.239 e. The number of nitrogens with zero attached hydrogens (tertiary/aromatic N) is 2. The SMILES string of the molecule is O=C(C1CCN(c2ccc3c(c2)OCCO3)C1=O)N1CCNCC1. The quantitative estimate of drug-likeness (QED) is 0.786. The number of rotatable bonds is 2. The molecule has 0 bridgehead atoms. The average Bonchev–Trinajstić information content (AvgIpc) is 3.03. The Labute approximate surface area is 140 Å². The number of nitrogens with one attached hydrogen (secondary N) is 1. The van der Waals surface area contributed by atoms with Crippen LogP contribution in [0.4, 0.5) is 5.69 Å². The van der Waals surface area contributed by atoms with Crippen LogP contribution >= 0.6 is 0 Å². The van der Waals surface area contributed by atoms with E-state index in [4.69, 9.17) is 9.47 Å². The highest BCUT2D eigenvalue weighted by Crippen LogP contribution is 2.36. The van der Waals surface area contributed by atoms with E-state index in [1.54, 1.807) is 9.80 Å². The highest BCUT2D eigenvalue weighted by molar-refractivity contribution is 6.09. The van der Waals surface area contributed by atoms with E-state index >= 15 is 0 Å². The van der Waals surface area contributed by atoms with Gasteiger partial charge in [-0.1, -0.05) is 0 Å². The largest absolute Gasteiger partial charge is 0.486 e. The monoisotopic (exact) mass is 331 g/mol. The van der Waals surface area contributed by atoms with E-state index in [2.05, 4.69) is 5.32 Å². The first-order valence-corrected chi connectivity index (χ1v) is 8.44. The number of ether oxygens (including phenoxy) is 2. The maximum absolute atomic E-state index is 12.7. The highest BCUT2D eigenvalue weighted by Gasteiger charge is 2.40. The van der Waals surface area contributed by atoms with Crippen LogP contribution in [-0.4, -0.2) is 62.7 Å². The fraction of sp³-hybridized carbons (Fsp3) is 0.529. The van der Waals surface area contributed by atoms with Gasteiger partial charge in [-0.2, -0.15) is 0 Å². The van der Waals surface area contributed by atoms with Gasteiger partial charge in [0.15, 0.2) is 11.5 Å². The van der Waals surface area contributed by atoms with Gasteiger partial charge in [-0.3, -0.25) is 9.59 Å². The molecule has 128 valence electrons. The maximum atomic E-state index is 12.7. The molecule has 2 saturated heterocycles. The second kappa shape index (κ2) is 6.32. The van der Waals surface area contributed by atoms with Crippen molar-refractivity contribution in [3.05, 3.63) is 18.2 Å². The Morgan fingerprint density at radius 2 is 1.83 bits per heavy atom.